The SMILES string of the molecule is C#CS(=O)(=O)F. The second-order valence-corrected chi connectivity index (χ2v) is 1.67. The Morgan fingerprint density at radius 1 is 1.67 bits per heavy atom. The van der Waals surface area contributed by atoms with Gasteiger partial charge in [0.25, 0.3) is 0 Å². The second kappa shape index (κ2) is 1.27. The van der Waals surface area contributed by atoms with E-state index in [0.717, 1.165) is 5.25 Å². The summed E-state index contributed by atoms with van der Waals surface area (Å²) in [5.74, 6) is 0. The van der Waals surface area contributed by atoms with E-state index in [1.165, 1.54) is 0 Å². The highest BCUT2D eigenvalue weighted by Gasteiger charge is 1.93. The number of hydrogen-bond acceptors (Lipinski definition) is 2. The molecule has 6 heavy (non-hydrogen) atoms. The molecule has 4 heteroatoms. The fraction of sp³-hybridized carbons (Fsp3) is 0. The van der Waals surface area contributed by atoms with Crippen LogP contribution in [0, 0.1) is 11.7 Å². The molecule has 0 saturated heterocycles. The average molecular weight is 108 g/mol. The van der Waals surface area contributed by atoms with E-state index in [1.54, 1.807) is 0 Å². The van der Waals surface area contributed by atoms with Crippen molar-refractivity contribution in [3.8, 4) is 11.7 Å². The van der Waals surface area contributed by atoms with Gasteiger partial charge in [-0.3, -0.25) is 0 Å². The number of hydrogen-bond donors (Lipinski definition) is 0. The van der Waals surface area contributed by atoms with E-state index in [9.17, 15) is 3.89 Å². The highest BCUT2D eigenvalue weighted by atomic mass is 32.3. The van der Waals surface area contributed by atoms with E-state index in [4.69, 9.17) is 8.42 Å². The summed E-state index contributed by atoms with van der Waals surface area (Å²) in [4.78, 5) is 0. The van der Waals surface area contributed by atoms with Crippen molar-refractivity contribution in [2.75, 3.05) is 0 Å². The molecule has 0 rings (SSSR count). The minimum absolute atomic E-state index is 0.910. The van der Waals surface area contributed by atoms with Gasteiger partial charge in [-0.25, -0.2) is 0 Å². The van der Waals surface area contributed by atoms with Gasteiger partial charge in [-0.2, -0.15) is 8.42 Å². The van der Waals surface area contributed by atoms with Gasteiger partial charge in [0, 0.05) is 0 Å². The number of halogens is 1. The topological polar surface area (TPSA) is 34.1 Å². The normalized spacial score (nSPS) is 10.0. The first-order valence-corrected chi connectivity index (χ1v) is 2.36. The molecule has 0 radical (unpaired) electrons. The largest absolute Gasteiger partial charge is 0.373 e. The molecule has 0 amide bonds. The molecular formula is C2HFO2S. The maximum Gasteiger partial charge on any atom is 0.373 e. The van der Waals surface area contributed by atoms with Crippen LogP contribution in [0.15, 0.2) is 0 Å². The summed E-state index contributed by atoms with van der Waals surface area (Å²) in [7, 11) is -4.63. The predicted octanol–water partition coefficient (Wildman–Crippen LogP) is -0.124. The van der Waals surface area contributed by atoms with Crippen LogP contribution in [0.4, 0.5) is 3.89 Å². The number of terminal acetylenes is 1. The van der Waals surface area contributed by atoms with Gasteiger partial charge in [-0.1, -0.05) is 3.89 Å². The van der Waals surface area contributed by atoms with E-state index in [1.807, 2.05) is 0 Å². The fourth-order valence-corrected chi connectivity index (χ4v) is 0. The molecule has 0 aromatic rings. The molecule has 0 aromatic carbocycles. The van der Waals surface area contributed by atoms with Crippen molar-refractivity contribution in [3.63, 3.8) is 0 Å². The zero-order chi connectivity index (χ0) is 5.21. The van der Waals surface area contributed by atoms with Crippen LogP contribution in [0.25, 0.3) is 0 Å². The Bertz CT molecular complexity index is 160. The second-order valence-electron chi connectivity index (χ2n) is 0.556. The van der Waals surface area contributed by atoms with Crippen molar-refractivity contribution in [2.45, 2.75) is 0 Å². The zero-order valence-electron chi connectivity index (χ0n) is 2.68. The van der Waals surface area contributed by atoms with Crippen LogP contribution in [0.3, 0.4) is 0 Å². The highest BCUT2D eigenvalue weighted by molar-refractivity contribution is 7.91. The monoisotopic (exact) mass is 108 g/mol. The molecule has 0 aliphatic rings. The van der Waals surface area contributed by atoms with E-state index in [2.05, 4.69) is 6.42 Å². The zero-order valence-corrected chi connectivity index (χ0v) is 3.50. The van der Waals surface area contributed by atoms with Crippen LogP contribution in [0.5, 0.6) is 0 Å². The van der Waals surface area contributed by atoms with E-state index < -0.39 is 10.2 Å². The van der Waals surface area contributed by atoms with Crippen molar-refractivity contribution in [3.05, 3.63) is 0 Å². The molecule has 2 nitrogen and oxygen atoms in total. The summed E-state index contributed by atoms with van der Waals surface area (Å²) in [5.41, 5.74) is 0. The van der Waals surface area contributed by atoms with E-state index in [-0.39, 0.29) is 0 Å². The Hall–Kier alpha value is -0.560. The summed E-state index contributed by atoms with van der Waals surface area (Å²) in [6, 6.07) is 0. The third-order valence-corrected chi connectivity index (χ3v) is 0.422. The molecule has 0 aromatic heterocycles. The van der Waals surface area contributed by atoms with Crippen molar-refractivity contribution < 1.29 is 12.3 Å². The lowest BCUT2D eigenvalue weighted by Crippen LogP contribution is -1.78. The van der Waals surface area contributed by atoms with Crippen LogP contribution in [-0.2, 0) is 10.2 Å². The smallest absolute Gasteiger partial charge is 0.180 e. The molecule has 0 unspecified atom stereocenters. The first-order chi connectivity index (χ1) is 2.56. The lowest BCUT2D eigenvalue weighted by Gasteiger charge is -1.64. The fourth-order valence-electron chi connectivity index (χ4n) is 0. The molecule has 0 heterocycles. The molecule has 0 aliphatic carbocycles. The van der Waals surface area contributed by atoms with Gasteiger partial charge in [-0.05, 0) is 0 Å². The molecular weight excluding hydrogens is 107 g/mol. The summed E-state index contributed by atoms with van der Waals surface area (Å²) >= 11 is 0. The molecule has 34 valence electrons. The van der Waals surface area contributed by atoms with Gasteiger partial charge < -0.3 is 0 Å². The quantitative estimate of drug-likeness (QED) is 0.320. The van der Waals surface area contributed by atoms with Gasteiger partial charge >= 0.3 is 10.2 Å². The van der Waals surface area contributed by atoms with Gasteiger partial charge in [0.15, 0.2) is 0 Å². The molecule has 0 spiro atoms. The Balaban J connectivity index is 4.41. The van der Waals surface area contributed by atoms with E-state index in [0.29, 0.717) is 0 Å². The third kappa shape index (κ3) is 3.44. The Kier molecular flexibility index (Phi) is 1.15. The maximum absolute atomic E-state index is 10.9. The summed E-state index contributed by atoms with van der Waals surface area (Å²) in [6.07, 6.45) is 4.09. The van der Waals surface area contributed by atoms with Gasteiger partial charge in [-0.15, -0.1) is 6.42 Å². The minimum Gasteiger partial charge on any atom is -0.180 e. The average Bonchev–Trinajstić information content (AvgIpc) is 1.35. The van der Waals surface area contributed by atoms with Crippen molar-refractivity contribution in [2.24, 2.45) is 0 Å². The van der Waals surface area contributed by atoms with E-state index >= 15 is 0 Å². The van der Waals surface area contributed by atoms with Crippen molar-refractivity contribution >= 4 is 10.2 Å². The highest BCUT2D eigenvalue weighted by Crippen LogP contribution is 1.81. The Labute approximate surface area is 35.2 Å². The third-order valence-electron chi connectivity index (χ3n) is 0.141. The predicted molar refractivity (Wildman–Crippen MR) is 18.9 cm³/mol. The van der Waals surface area contributed by atoms with Crippen LogP contribution < -0.4 is 0 Å². The van der Waals surface area contributed by atoms with Gasteiger partial charge in [0.2, 0.25) is 0 Å². The lowest BCUT2D eigenvalue weighted by atomic mass is 11.4. The standard InChI is InChI=1S/C2HFO2S/c1-2-6(3,4)5/h1H. The summed E-state index contributed by atoms with van der Waals surface area (Å²) in [6.45, 7) is 0. The van der Waals surface area contributed by atoms with Crippen LogP contribution in [-0.4, -0.2) is 8.42 Å². The number of rotatable bonds is 0. The molecule has 0 fully saturated rings. The molecule has 0 N–H and O–H groups in total. The molecule has 0 atom stereocenters. The Morgan fingerprint density at radius 3 is 1.83 bits per heavy atom. The Morgan fingerprint density at radius 2 is 1.83 bits per heavy atom. The first kappa shape index (κ1) is 5.44. The van der Waals surface area contributed by atoms with Crippen molar-refractivity contribution in [1.82, 2.24) is 0 Å². The lowest BCUT2D eigenvalue weighted by molar-refractivity contribution is 0.565. The van der Waals surface area contributed by atoms with Crippen LogP contribution in [0.1, 0.15) is 0 Å². The summed E-state index contributed by atoms with van der Waals surface area (Å²) < 4.78 is 29.0. The first-order valence-electron chi connectivity index (χ1n) is 0.980. The van der Waals surface area contributed by atoms with Crippen LogP contribution in [0.2, 0.25) is 0 Å². The minimum atomic E-state index is -4.63. The van der Waals surface area contributed by atoms with Crippen molar-refractivity contribution in [1.29, 1.82) is 0 Å². The maximum atomic E-state index is 10.9. The molecule has 0 saturated carbocycles. The van der Waals surface area contributed by atoms with Crippen LogP contribution >= 0.6 is 0 Å². The van der Waals surface area contributed by atoms with Gasteiger partial charge in [0.05, 0.1) is 5.25 Å². The molecule has 0 bridgehead atoms. The van der Waals surface area contributed by atoms with Gasteiger partial charge in [0.1, 0.15) is 0 Å². The molecule has 0 aliphatic heterocycles. The summed E-state index contributed by atoms with van der Waals surface area (Å²) in [5, 5.41) is 0.910.